The highest BCUT2D eigenvalue weighted by molar-refractivity contribution is 7.89. The molecule has 0 unspecified atom stereocenters. The first-order chi connectivity index (χ1) is 12.4. The van der Waals surface area contributed by atoms with E-state index < -0.39 is 10.0 Å². The zero-order valence-electron chi connectivity index (χ0n) is 14.9. The van der Waals surface area contributed by atoms with Crippen LogP contribution < -0.4 is 4.72 Å². The van der Waals surface area contributed by atoms with Gasteiger partial charge in [-0.1, -0.05) is 48.0 Å². The topological polar surface area (TPSA) is 52.6 Å². The molecule has 0 atom stereocenters. The van der Waals surface area contributed by atoms with E-state index in [2.05, 4.69) is 33.7 Å². The summed E-state index contributed by atoms with van der Waals surface area (Å²) in [5.74, 6) is 0. The number of sulfonamides is 1. The van der Waals surface area contributed by atoms with Crippen LogP contribution in [0.15, 0.2) is 53.4 Å². The molecular weight excluding hydrogens is 370 g/mol. The minimum Gasteiger partial charge on any atom is -0.304 e. The molecule has 0 aliphatic carbocycles. The van der Waals surface area contributed by atoms with Gasteiger partial charge in [0.15, 0.2) is 0 Å². The molecule has 0 radical (unpaired) electrons. The summed E-state index contributed by atoms with van der Waals surface area (Å²) in [7, 11) is -1.47. The van der Waals surface area contributed by atoms with E-state index in [1.54, 1.807) is 18.2 Å². The van der Waals surface area contributed by atoms with Crippen LogP contribution >= 0.6 is 11.6 Å². The molecule has 1 aliphatic heterocycles. The van der Waals surface area contributed by atoms with E-state index in [-0.39, 0.29) is 16.5 Å². The minimum atomic E-state index is -3.62. The lowest BCUT2D eigenvalue weighted by Crippen LogP contribution is -2.43. The number of nitrogens with zero attached hydrogens (tertiary/aromatic N) is 2. The number of likely N-dealkylation sites (N-methyl/N-ethyl adjacent to an activating group) is 1. The molecule has 1 heterocycles. The van der Waals surface area contributed by atoms with Gasteiger partial charge in [0.2, 0.25) is 10.0 Å². The summed E-state index contributed by atoms with van der Waals surface area (Å²) in [6.07, 6.45) is 0. The van der Waals surface area contributed by atoms with Gasteiger partial charge >= 0.3 is 0 Å². The second-order valence-electron chi connectivity index (χ2n) is 6.65. The van der Waals surface area contributed by atoms with Gasteiger partial charge in [0.05, 0.1) is 5.02 Å². The van der Waals surface area contributed by atoms with E-state index in [0.717, 1.165) is 38.3 Å². The van der Waals surface area contributed by atoms with Gasteiger partial charge in [-0.3, -0.25) is 4.90 Å². The maximum absolute atomic E-state index is 12.4. The van der Waals surface area contributed by atoms with Crippen molar-refractivity contribution in [3.05, 3.63) is 64.7 Å². The van der Waals surface area contributed by atoms with Crippen molar-refractivity contribution in [2.75, 3.05) is 33.2 Å². The van der Waals surface area contributed by atoms with Crippen molar-refractivity contribution < 1.29 is 8.42 Å². The molecule has 3 rings (SSSR count). The number of nitrogens with one attached hydrogen (secondary N) is 1. The minimum absolute atomic E-state index is 0.105. The molecule has 1 fully saturated rings. The van der Waals surface area contributed by atoms with Crippen molar-refractivity contribution >= 4 is 21.6 Å². The van der Waals surface area contributed by atoms with Crippen LogP contribution in [-0.4, -0.2) is 51.4 Å². The molecule has 0 amide bonds. The zero-order chi connectivity index (χ0) is 18.6. The molecule has 1 aliphatic rings. The maximum atomic E-state index is 12.4. The molecule has 7 heteroatoms. The first-order valence-corrected chi connectivity index (χ1v) is 10.5. The molecular formula is C19H24ClN3O2S. The molecule has 0 saturated carbocycles. The molecule has 2 aromatic rings. The fourth-order valence-electron chi connectivity index (χ4n) is 2.95. The highest BCUT2D eigenvalue weighted by Gasteiger charge is 2.17. The standard InChI is InChI=1S/C19H24ClN3O2S/c1-22-10-12-23(13-11-22)15-17-8-6-16(7-9-17)14-21-26(24,25)19-5-3-2-4-18(19)20/h2-9,21H,10-15H2,1H3. The van der Waals surface area contributed by atoms with Crippen molar-refractivity contribution in [1.29, 1.82) is 0 Å². The van der Waals surface area contributed by atoms with Gasteiger partial charge in [-0.25, -0.2) is 13.1 Å². The van der Waals surface area contributed by atoms with Crippen LogP contribution in [0.2, 0.25) is 5.02 Å². The Morgan fingerprint density at radius 1 is 0.962 bits per heavy atom. The van der Waals surface area contributed by atoms with Crippen molar-refractivity contribution in [2.45, 2.75) is 18.0 Å². The monoisotopic (exact) mass is 393 g/mol. The fraction of sp³-hybridized carbons (Fsp3) is 0.368. The third kappa shape index (κ3) is 5.05. The molecule has 0 bridgehead atoms. The highest BCUT2D eigenvalue weighted by Crippen LogP contribution is 2.20. The van der Waals surface area contributed by atoms with Gasteiger partial charge in [0, 0.05) is 39.3 Å². The molecule has 1 saturated heterocycles. The number of halogens is 1. The Bertz CT molecular complexity index is 832. The quantitative estimate of drug-likeness (QED) is 0.819. The Morgan fingerprint density at radius 3 is 2.23 bits per heavy atom. The average molecular weight is 394 g/mol. The number of hydrogen-bond donors (Lipinski definition) is 1. The molecule has 1 N–H and O–H groups in total. The Balaban J connectivity index is 1.57. The smallest absolute Gasteiger partial charge is 0.242 e. The van der Waals surface area contributed by atoms with E-state index in [1.807, 2.05) is 12.1 Å². The van der Waals surface area contributed by atoms with Crippen molar-refractivity contribution in [2.24, 2.45) is 0 Å². The van der Waals surface area contributed by atoms with Crippen LogP contribution in [0.4, 0.5) is 0 Å². The van der Waals surface area contributed by atoms with Crippen molar-refractivity contribution in [1.82, 2.24) is 14.5 Å². The van der Waals surface area contributed by atoms with Crippen LogP contribution in [0.1, 0.15) is 11.1 Å². The Kier molecular flexibility index (Phi) is 6.32. The van der Waals surface area contributed by atoms with Crippen molar-refractivity contribution in [3.8, 4) is 0 Å². The Morgan fingerprint density at radius 2 is 1.58 bits per heavy atom. The predicted molar refractivity (Wildman–Crippen MR) is 105 cm³/mol. The van der Waals surface area contributed by atoms with E-state index in [4.69, 9.17) is 11.6 Å². The molecule has 140 valence electrons. The first-order valence-electron chi connectivity index (χ1n) is 8.67. The molecule has 0 aromatic heterocycles. The van der Waals surface area contributed by atoms with Crippen molar-refractivity contribution in [3.63, 3.8) is 0 Å². The summed E-state index contributed by atoms with van der Waals surface area (Å²) in [4.78, 5) is 4.88. The largest absolute Gasteiger partial charge is 0.304 e. The van der Waals surface area contributed by atoms with Crippen LogP contribution in [0, 0.1) is 0 Å². The van der Waals surface area contributed by atoms with Gasteiger partial charge in [0.1, 0.15) is 4.90 Å². The summed E-state index contributed by atoms with van der Waals surface area (Å²) in [6.45, 7) is 5.53. The van der Waals surface area contributed by atoms with Gasteiger partial charge < -0.3 is 4.90 Å². The normalized spacial score (nSPS) is 16.7. The van der Waals surface area contributed by atoms with E-state index in [0.29, 0.717) is 0 Å². The van der Waals surface area contributed by atoms with Crippen LogP contribution in [-0.2, 0) is 23.1 Å². The number of hydrogen-bond acceptors (Lipinski definition) is 4. The molecule has 26 heavy (non-hydrogen) atoms. The predicted octanol–water partition coefficient (Wildman–Crippen LogP) is 2.57. The first kappa shape index (κ1) is 19.3. The van der Waals surface area contributed by atoms with Gasteiger partial charge in [0.25, 0.3) is 0 Å². The highest BCUT2D eigenvalue weighted by atomic mass is 35.5. The third-order valence-electron chi connectivity index (χ3n) is 4.62. The summed E-state index contributed by atoms with van der Waals surface area (Å²) in [6, 6.07) is 14.5. The summed E-state index contributed by atoms with van der Waals surface area (Å²) < 4.78 is 27.4. The van der Waals surface area contributed by atoms with E-state index >= 15 is 0 Å². The van der Waals surface area contributed by atoms with Gasteiger partial charge in [-0.05, 0) is 30.3 Å². The molecule has 0 spiro atoms. The number of rotatable bonds is 6. The average Bonchev–Trinajstić information content (AvgIpc) is 2.63. The summed E-state index contributed by atoms with van der Waals surface area (Å²) in [5.41, 5.74) is 2.16. The number of piperazine rings is 1. The maximum Gasteiger partial charge on any atom is 0.242 e. The van der Waals surface area contributed by atoms with Crippen LogP contribution in [0.25, 0.3) is 0 Å². The Hall–Kier alpha value is -1.44. The second kappa shape index (κ2) is 8.50. The fourth-order valence-corrected chi connectivity index (χ4v) is 4.48. The van der Waals surface area contributed by atoms with E-state index in [1.165, 1.54) is 11.6 Å². The van der Waals surface area contributed by atoms with Crippen LogP contribution in [0.5, 0.6) is 0 Å². The second-order valence-corrected chi connectivity index (χ2v) is 8.79. The summed E-state index contributed by atoms with van der Waals surface area (Å²) >= 11 is 5.99. The van der Waals surface area contributed by atoms with E-state index in [9.17, 15) is 8.42 Å². The zero-order valence-corrected chi connectivity index (χ0v) is 16.4. The van der Waals surface area contributed by atoms with Gasteiger partial charge in [-0.15, -0.1) is 0 Å². The van der Waals surface area contributed by atoms with Crippen LogP contribution in [0.3, 0.4) is 0 Å². The molecule has 5 nitrogen and oxygen atoms in total. The lowest BCUT2D eigenvalue weighted by molar-refractivity contribution is 0.148. The lowest BCUT2D eigenvalue weighted by Gasteiger charge is -2.32. The lowest BCUT2D eigenvalue weighted by atomic mass is 10.1. The molecule has 2 aromatic carbocycles. The third-order valence-corrected chi connectivity index (χ3v) is 6.52. The Labute approximate surface area is 160 Å². The number of benzene rings is 2. The SMILES string of the molecule is CN1CCN(Cc2ccc(CNS(=O)(=O)c3ccccc3Cl)cc2)CC1. The summed E-state index contributed by atoms with van der Waals surface area (Å²) in [5, 5.41) is 0.225. The van der Waals surface area contributed by atoms with Gasteiger partial charge in [-0.2, -0.15) is 0 Å².